The molecule has 1 aromatic carbocycles. The van der Waals surface area contributed by atoms with Gasteiger partial charge in [-0.15, -0.1) is 0 Å². The fraction of sp³-hybridized carbons (Fsp3) is 0.250. The van der Waals surface area contributed by atoms with Crippen molar-refractivity contribution in [2.75, 3.05) is 0 Å². The van der Waals surface area contributed by atoms with E-state index in [1.54, 1.807) is 24.5 Å². The molecule has 2 atom stereocenters. The van der Waals surface area contributed by atoms with Crippen LogP contribution in [0, 0.1) is 5.82 Å². The van der Waals surface area contributed by atoms with Gasteiger partial charge in [-0.1, -0.05) is 30.0 Å². The summed E-state index contributed by atoms with van der Waals surface area (Å²) in [5, 5.41) is 7.00. The number of halogens is 1. The maximum Gasteiger partial charge on any atom is 0.352 e. The Morgan fingerprint density at radius 2 is 2.03 bits per heavy atom. The minimum Gasteiger partial charge on any atom is -0.351 e. The number of amides is 1. The van der Waals surface area contributed by atoms with Gasteiger partial charge in [0.15, 0.2) is 5.17 Å². The molecule has 0 spiro atoms. The maximum absolute atomic E-state index is 13.1. The lowest BCUT2D eigenvalue weighted by molar-refractivity contribution is -0.120. The van der Waals surface area contributed by atoms with Crippen LogP contribution in [0.25, 0.3) is 0 Å². The van der Waals surface area contributed by atoms with E-state index in [1.165, 1.54) is 39.5 Å². The summed E-state index contributed by atoms with van der Waals surface area (Å²) in [6.45, 7) is 2.43. The lowest BCUT2D eigenvalue weighted by atomic mass is 10.2. The molecular weight excluding hydrogens is 407 g/mol. The fourth-order valence-corrected chi connectivity index (χ4v) is 4.15. The third kappa shape index (κ3) is 4.33. The summed E-state index contributed by atoms with van der Waals surface area (Å²) in [6.07, 6.45) is 4.76. The van der Waals surface area contributed by atoms with E-state index in [9.17, 15) is 14.0 Å². The number of hydrogen-bond donors (Lipinski definition) is 1. The van der Waals surface area contributed by atoms with Crippen molar-refractivity contribution in [3.63, 3.8) is 0 Å². The molecule has 3 aromatic rings. The second-order valence-electron chi connectivity index (χ2n) is 6.84. The maximum atomic E-state index is 13.1. The van der Waals surface area contributed by atoms with Gasteiger partial charge in [0.05, 0.1) is 12.6 Å². The van der Waals surface area contributed by atoms with Crippen molar-refractivity contribution >= 4 is 22.8 Å². The SMILES string of the molecule is CC1N=C(n2cnn(Cc3ccc(F)cc3)c2=O)SC1C(=O)NCc1cccnc1. The number of hydrogen-bond acceptors (Lipinski definition) is 6. The van der Waals surface area contributed by atoms with E-state index < -0.39 is 5.25 Å². The summed E-state index contributed by atoms with van der Waals surface area (Å²) in [4.78, 5) is 33.8. The Balaban J connectivity index is 1.42. The van der Waals surface area contributed by atoms with Gasteiger partial charge in [-0.25, -0.2) is 18.4 Å². The molecule has 4 rings (SSSR count). The molecule has 0 saturated carbocycles. The number of aliphatic imine (C=N–C) groups is 1. The smallest absolute Gasteiger partial charge is 0.351 e. The molecular formula is C20H19FN6O2S. The van der Waals surface area contributed by atoms with E-state index in [0.717, 1.165) is 11.1 Å². The van der Waals surface area contributed by atoms with Crippen LogP contribution in [-0.2, 0) is 17.9 Å². The molecule has 1 N–H and O–H groups in total. The number of benzene rings is 1. The average molecular weight is 426 g/mol. The first kappa shape index (κ1) is 20.0. The van der Waals surface area contributed by atoms with Crippen molar-refractivity contribution in [1.29, 1.82) is 0 Å². The molecule has 1 aliphatic rings. The number of thioether (sulfide) groups is 1. The Bertz CT molecular complexity index is 1130. The first-order chi connectivity index (χ1) is 14.5. The highest BCUT2D eigenvalue weighted by Gasteiger charge is 2.34. The van der Waals surface area contributed by atoms with Gasteiger partial charge in [-0.2, -0.15) is 5.10 Å². The van der Waals surface area contributed by atoms with Gasteiger partial charge in [0.1, 0.15) is 17.4 Å². The Morgan fingerprint density at radius 1 is 1.23 bits per heavy atom. The van der Waals surface area contributed by atoms with Gasteiger partial charge < -0.3 is 5.32 Å². The van der Waals surface area contributed by atoms with E-state index >= 15 is 0 Å². The molecule has 8 nitrogen and oxygen atoms in total. The molecule has 0 aliphatic carbocycles. The number of carbonyl (C=O) groups excluding carboxylic acids is 1. The Morgan fingerprint density at radius 3 is 2.77 bits per heavy atom. The summed E-state index contributed by atoms with van der Waals surface area (Å²) < 4.78 is 15.7. The zero-order valence-electron chi connectivity index (χ0n) is 16.1. The second kappa shape index (κ2) is 8.62. The van der Waals surface area contributed by atoms with Gasteiger partial charge in [-0.3, -0.25) is 14.8 Å². The average Bonchev–Trinajstić information content (AvgIpc) is 3.31. The molecule has 3 heterocycles. The Hall–Kier alpha value is -3.27. The van der Waals surface area contributed by atoms with Crippen LogP contribution in [0.15, 0.2) is 64.9 Å². The Labute approximate surface area is 175 Å². The molecule has 1 aliphatic heterocycles. The van der Waals surface area contributed by atoms with Crippen molar-refractivity contribution in [1.82, 2.24) is 24.6 Å². The summed E-state index contributed by atoms with van der Waals surface area (Å²) in [5.74, 6) is -0.489. The van der Waals surface area contributed by atoms with Crippen molar-refractivity contribution in [2.45, 2.75) is 31.3 Å². The van der Waals surface area contributed by atoms with Crippen LogP contribution in [0.4, 0.5) is 4.39 Å². The molecule has 0 radical (unpaired) electrons. The van der Waals surface area contributed by atoms with Crippen molar-refractivity contribution in [3.8, 4) is 0 Å². The number of nitrogens with one attached hydrogen (secondary N) is 1. The standard InChI is InChI=1S/C20H19FN6O2S/c1-13-17(18(28)23-10-15-3-2-8-22-9-15)30-19(25-13)26-12-24-27(20(26)29)11-14-4-6-16(21)7-5-14/h2-9,12-13,17H,10-11H2,1H3,(H,23,28). The molecule has 2 aromatic heterocycles. The molecule has 154 valence electrons. The van der Waals surface area contributed by atoms with E-state index in [4.69, 9.17) is 0 Å². The molecule has 10 heteroatoms. The van der Waals surface area contributed by atoms with Crippen LogP contribution in [0.2, 0.25) is 0 Å². The van der Waals surface area contributed by atoms with Crippen LogP contribution in [0.1, 0.15) is 18.1 Å². The molecule has 30 heavy (non-hydrogen) atoms. The fourth-order valence-electron chi connectivity index (χ4n) is 3.01. The molecule has 2 unspecified atom stereocenters. The number of nitrogens with zero attached hydrogens (tertiary/aromatic N) is 5. The first-order valence-electron chi connectivity index (χ1n) is 9.31. The van der Waals surface area contributed by atoms with Crippen LogP contribution < -0.4 is 11.0 Å². The minimum absolute atomic E-state index is 0.151. The third-order valence-corrected chi connectivity index (χ3v) is 5.99. The summed E-state index contributed by atoms with van der Waals surface area (Å²) in [6, 6.07) is 9.29. The monoisotopic (exact) mass is 426 g/mol. The predicted octanol–water partition coefficient (Wildman–Crippen LogP) is 1.65. The third-order valence-electron chi connectivity index (χ3n) is 4.62. The van der Waals surface area contributed by atoms with Crippen molar-refractivity contribution in [3.05, 3.63) is 82.5 Å². The van der Waals surface area contributed by atoms with Crippen molar-refractivity contribution in [2.24, 2.45) is 4.99 Å². The highest BCUT2D eigenvalue weighted by Crippen LogP contribution is 2.27. The van der Waals surface area contributed by atoms with Crippen LogP contribution in [0.5, 0.6) is 0 Å². The summed E-state index contributed by atoms with van der Waals surface area (Å²) in [5.41, 5.74) is 1.29. The molecule has 0 fully saturated rings. The topological polar surface area (TPSA) is 94.2 Å². The molecule has 1 amide bonds. The first-order valence-corrected chi connectivity index (χ1v) is 10.2. The van der Waals surface area contributed by atoms with Crippen LogP contribution in [0.3, 0.4) is 0 Å². The van der Waals surface area contributed by atoms with E-state index in [1.807, 2.05) is 19.1 Å². The van der Waals surface area contributed by atoms with E-state index in [0.29, 0.717) is 11.7 Å². The number of aromatic nitrogens is 4. The van der Waals surface area contributed by atoms with Gasteiger partial charge in [0.25, 0.3) is 0 Å². The summed E-state index contributed by atoms with van der Waals surface area (Å²) in [7, 11) is 0. The number of carbonyl (C=O) groups is 1. The number of rotatable bonds is 5. The second-order valence-corrected chi connectivity index (χ2v) is 7.95. The summed E-state index contributed by atoms with van der Waals surface area (Å²) >= 11 is 1.23. The van der Waals surface area contributed by atoms with E-state index in [2.05, 4.69) is 20.4 Å². The zero-order chi connectivity index (χ0) is 21.1. The van der Waals surface area contributed by atoms with Gasteiger partial charge in [0.2, 0.25) is 5.91 Å². The normalized spacial score (nSPS) is 18.3. The molecule has 0 bridgehead atoms. The van der Waals surface area contributed by atoms with Gasteiger partial charge >= 0.3 is 5.69 Å². The van der Waals surface area contributed by atoms with Crippen LogP contribution in [-0.4, -0.2) is 41.7 Å². The Kier molecular flexibility index (Phi) is 5.75. The lowest BCUT2D eigenvalue weighted by Gasteiger charge is -2.13. The number of pyridine rings is 1. The van der Waals surface area contributed by atoms with Crippen LogP contribution >= 0.6 is 11.8 Å². The molecule has 0 saturated heterocycles. The van der Waals surface area contributed by atoms with Gasteiger partial charge in [0, 0.05) is 18.9 Å². The highest BCUT2D eigenvalue weighted by atomic mass is 32.2. The zero-order valence-corrected chi connectivity index (χ0v) is 16.9. The minimum atomic E-state index is -0.441. The largest absolute Gasteiger partial charge is 0.352 e. The highest BCUT2D eigenvalue weighted by molar-refractivity contribution is 8.15. The lowest BCUT2D eigenvalue weighted by Crippen LogP contribution is -2.36. The van der Waals surface area contributed by atoms with E-state index in [-0.39, 0.29) is 30.0 Å². The predicted molar refractivity (Wildman–Crippen MR) is 112 cm³/mol. The van der Waals surface area contributed by atoms with Gasteiger partial charge in [-0.05, 0) is 36.2 Å². The van der Waals surface area contributed by atoms with Crippen molar-refractivity contribution < 1.29 is 9.18 Å². The quantitative estimate of drug-likeness (QED) is 0.670.